The lowest BCUT2D eigenvalue weighted by molar-refractivity contribution is 0.0432. The van der Waals surface area contributed by atoms with Gasteiger partial charge in [-0.3, -0.25) is 14.3 Å². The van der Waals surface area contributed by atoms with Gasteiger partial charge in [0.25, 0.3) is 11.5 Å². The number of carbonyl (C=O) groups is 2. The zero-order valence-electron chi connectivity index (χ0n) is 27.7. The number of halogens is 3. The van der Waals surface area contributed by atoms with E-state index in [1.54, 1.807) is 29.3 Å². The van der Waals surface area contributed by atoms with Gasteiger partial charge in [-0.25, -0.2) is 18.6 Å². The summed E-state index contributed by atoms with van der Waals surface area (Å²) in [5, 5.41) is 8.22. The van der Waals surface area contributed by atoms with Gasteiger partial charge in [0, 0.05) is 80.0 Å². The molecule has 1 aliphatic carbocycles. The molecule has 50 heavy (non-hydrogen) atoms. The lowest BCUT2D eigenvalue weighted by Gasteiger charge is -2.35. The Labute approximate surface area is 295 Å². The summed E-state index contributed by atoms with van der Waals surface area (Å²) in [5.74, 6) is -0.272. The normalized spacial score (nSPS) is 20.0. The number of hydrogen-bond donors (Lipinski definition) is 1. The summed E-state index contributed by atoms with van der Waals surface area (Å²) in [5.41, 5.74) is 0.496. The van der Waals surface area contributed by atoms with E-state index in [0.29, 0.717) is 73.4 Å². The fraction of sp³-hybridized carbons (Fsp3) is 0.457. The summed E-state index contributed by atoms with van der Waals surface area (Å²) >= 11 is 3.23. The van der Waals surface area contributed by atoms with Crippen LogP contribution in [0.2, 0.25) is 0 Å². The van der Waals surface area contributed by atoms with Crippen LogP contribution in [0.3, 0.4) is 0 Å². The second kappa shape index (κ2) is 14.0. The van der Waals surface area contributed by atoms with Crippen LogP contribution in [0, 0.1) is 5.82 Å². The number of aromatic nitrogens is 4. The van der Waals surface area contributed by atoms with E-state index >= 15 is 0 Å². The predicted octanol–water partition coefficient (Wildman–Crippen LogP) is 6.26. The number of rotatable bonds is 8. The van der Waals surface area contributed by atoms with Crippen molar-refractivity contribution in [1.82, 2.24) is 24.2 Å². The Kier molecular flexibility index (Phi) is 9.51. The van der Waals surface area contributed by atoms with Crippen molar-refractivity contribution in [1.29, 1.82) is 0 Å². The van der Waals surface area contributed by atoms with E-state index in [-0.39, 0.29) is 47.8 Å². The molecule has 2 saturated heterocycles. The van der Waals surface area contributed by atoms with Gasteiger partial charge in [-0.2, -0.15) is 5.10 Å². The number of carbonyl (C=O) groups excluding carboxylic acids is 2. The first-order chi connectivity index (χ1) is 24.0. The second-order valence-electron chi connectivity index (χ2n) is 13.3. The number of likely N-dealkylation sites (tertiary alicyclic amines) is 1. The van der Waals surface area contributed by atoms with E-state index in [9.17, 15) is 23.2 Å². The minimum absolute atomic E-state index is 0.0271. The first-order valence-corrected chi connectivity index (χ1v) is 17.7. The number of amides is 2. The molecular formula is C35H38BrF2N7O5. The van der Waals surface area contributed by atoms with E-state index in [4.69, 9.17) is 14.6 Å². The fourth-order valence-electron chi connectivity index (χ4n) is 6.64. The van der Waals surface area contributed by atoms with Crippen LogP contribution in [0.15, 0.2) is 58.2 Å². The van der Waals surface area contributed by atoms with Gasteiger partial charge < -0.3 is 29.2 Å². The largest absolute Gasteiger partial charge is 0.490 e. The van der Waals surface area contributed by atoms with Crippen molar-refractivity contribution in [3.63, 3.8) is 0 Å². The first-order valence-electron chi connectivity index (χ1n) is 16.9. The van der Waals surface area contributed by atoms with Crippen molar-refractivity contribution < 1.29 is 27.8 Å². The van der Waals surface area contributed by atoms with Crippen molar-refractivity contribution in [2.75, 3.05) is 36.4 Å². The molecule has 7 rings (SSSR count). The molecular weight excluding hydrogens is 716 g/mol. The molecule has 264 valence electrons. The Bertz CT molecular complexity index is 1970. The average Bonchev–Trinajstić information content (AvgIpc) is 3.66. The molecule has 3 fully saturated rings. The molecule has 2 aliphatic heterocycles. The first kappa shape index (κ1) is 33.9. The third-order valence-corrected chi connectivity index (χ3v) is 9.82. The van der Waals surface area contributed by atoms with Crippen LogP contribution in [-0.4, -0.2) is 80.8 Å². The molecule has 0 bridgehead atoms. The number of ether oxygens (including phenoxy) is 2. The topological polar surface area (TPSA) is 124 Å². The number of nitrogens with zero attached hydrogens (tertiary/aromatic N) is 6. The number of hydrogen-bond acceptors (Lipinski definition) is 8. The highest BCUT2D eigenvalue weighted by Gasteiger charge is 2.40. The second-order valence-corrected chi connectivity index (χ2v) is 14.3. The molecule has 4 aromatic rings. The molecule has 12 nitrogen and oxygen atoms in total. The Morgan fingerprint density at radius 2 is 1.82 bits per heavy atom. The van der Waals surface area contributed by atoms with Crippen LogP contribution < -0.4 is 20.5 Å². The highest BCUT2D eigenvalue weighted by atomic mass is 79.9. The number of piperidine rings is 2. The summed E-state index contributed by atoms with van der Waals surface area (Å²) in [4.78, 5) is 47.3. The van der Waals surface area contributed by atoms with E-state index in [2.05, 4.69) is 26.2 Å². The van der Waals surface area contributed by atoms with E-state index in [0.717, 1.165) is 5.39 Å². The van der Waals surface area contributed by atoms with E-state index in [1.807, 2.05) is 29.6 Å². The third kappa shape index (κ3) is 7.18. The van der Waals surface area contributed by atoms with Gasteiger partial charge in [-0.15, -0.1) is 0 Å². The Hall–Kier alpha value is -4.53. The number of fused-ring (bicyclic) bond motifs is 1. The maximum absolute atomic E-state index is 14.4. The standard InChI is InChI=1S/C35H38BrF2N7O5/c1-20(2)49-31-17-29-21(14-25(31)33(46)40-28-4-3-9-44(34(28)47)30-16-26(30)37)19-45(41-29)23-5-10-43(11-6-23)35(48)50-24-7-12-42(13-8-24)32-27(38)15-22(36)18-39-32/h3-4,9,14-15,17-20,23-24,26,30H,5-8,10-13,16H2,1-2H3,(H,40,46)/t26-,30+/m1/s1. The van der Waals surface area contributed by atoms with Crippen molar-refractivity contribution in [2.45, 2.75) is 76.4 Å². The summed E-state index contributed by atoms with van der Waals surface area (Å²) < 4.78 is 43.6. The predicted molar refractivity (Wildman–Crippen MR) is 186 cm³/mol. The van der Waals surface area contributed by atoms with Gasteiger partial charge in [0.05, 0.1) is 29.3 Å². The Morgan fingerprint density at radius 3 is 2.50 bits per heavy atom. The van der Waals surface area contributed by atoms with Crippen molar-refractivity contribution in [3.05, 3.63) is 75.1 Å². The molecule has 2 atom stereocenters. The molecule has 0 unspecified atom stereocenters. The summed E-state index contributed by atoms with van der Waals surface area (Å²) in [6.45, 7) is 5.79. The average molecular weight is 755 g/mol. The smallest absolute Gasteiger partial charge is 0.410 e. The van der Waals surface area contributed by atoms with Gasteiger partial charge in [0.2, 0.25) is 0 Å². The van der Waals surface area contributed by atoms with Crippen LogP contribution in [0.4, 0.5) is 25.1 Å². The summed E-state index contributed by atoms with van der Waals surface area (Å²) in [7, 11) is 0. The van der Waals surface area contributed by atoms with Gasteiger partial charge >= 0.3 is 6.09 Å². The molecule has 5 heterocycles. The minimum atomic E-state index is -1.06. The van der Waals surface area contributed by atoms with Crippen molar-refractivity contribution >= 4 is 50.3 Å². The van der Waals surface area contributed by atoms with E-state index < -0.39 is 23.7 Å². The molecule has 0 radical (unpaired) electrons. The fourth-order valence-corrected chi connectivity index (χ4v) is 6.94. The number of nitrogens with one attached hydrogen (secondary N) is 1. The minimum Gasteiger partial charge on any atom is -0.490 e. The van der Waals surface area contributed by atoms with Gasteiger partial charge in [-0.05, 0) is 66.9 Å². The van der Waals surface area contributed by atoms with Gasteiger partial charge in [0.15, 0.2) is 11.6 Å². The van der Waals surface area contributed by atoms with Crippen molar-refractivity contribution in [2.24, 2.45) is 0 Å². The SMILES string of the molecule is CC(C)Oc1cc2nn(C3CCN(C(=O)OC4CCN(c5ncc(Br)cc5F)CC4)CC3)cc2cc1C(=O)Nc1cccn([C@H]2C[C@H]2F)c1=O. The lowest BCUT2D eigenvalue weighted by atomic mass is 10.1. The highest BCUT2D eigenvalue weighted by molar-refractivity contribution is 9.10. The monoisotopic (exact) mass is 753 g/mol. The summed E-state index contributed by atoms with van der Waals surface area (Å²) in [6, 6.07) is 7.45. The van der Waals surface area contributed by atoms with Crippen LogP contribution >= 0.6 is 15.9 Å². The Balaban J connectivity index is 0.979. The third-order valence-electron chi connectivity index (χ3n) is 9.39. The maximum Gasteiger partial charge on any atom is 0.410 e. The van der Waals surface area contributed by atoms with Crippen LogP contribution in [0.25, 0.3) is 10.9 Å². The quantitative estimate of drug-likeness (QED) is 0.224. The number of benzene rings is 1. The summed E-state index contributed by atoms with van der Waals surface area (Å²) in [6.07, 6.45) is 5.89. The number of pyridine rings is 2. The molecule has 3 aliphatic rings. The van der Waals surface area contributed by atoms with Gasteiger partial charge in [-0.1, -0.05) is 0 Å². The zero-order valence-corrected chi connectivity index (χ0v) is 29.3. The Morgan fingerprint density at radius 1 is 1.08 bits per heavy atom. The maximum atomic E-state index is 14.4. The molecule has 0 spiro atoms. The lowest BCUT2D eigenvalue weighted by Crippen LogP contribution is -2.43. The van der Waals surface area contributed by atoms with Crippen LogP contribution in [0.1, 0.15) is 68.4 Å². The molecule has 2 amide bonds. The molecule has 1 saturated carbocycles. The van der Waals surface area contributed by atoms with Crippen LogP contribution in [0.5, 0.6) is 5.75 Å². The molecule has 1 N–H and O–H groups in total. The molecule has 3 aromatic heterocycles. The van der Waals surface area contributed by atoms with Crippen LogP contribution in [-0.2, 0) is 4.74 Å². The highest BCUT2D eigenvalue weighted by Crippen LogP contribution is 2.38. The molecule has 1 aromatic carbocycles. The van der Waals surface area contributed by atoms with E-state index in [1.165, 1.54) is 22.9 Å². The van der Waals surface area contributed by atoms with Gasteiger partial charge in [0.1, 0.15) is 23.7 Å². The molecule has 15 heteroatoms. The number of alkyl halides is 1. The number of anilines is 2. The zero-order chi connectivity index (χ0) is 35.1. The van der Waals surface area contributed by atoms with Crippen molar-refractivity contribution in [3.8, 4) is 5.75 Å².